The van der Waals surface area contributed by atoms with Crippen molar-refractivity contribution in [2.75, 3.05) is 13.2 Å². The van der Waals surface area contributed by atoms with Gasteiger partial charge < -0.3 is 15.6 Å². The lowest BCUT2D eigenvalue weighted by Crippen LogP contribution is -2.44. The van der Waals surface area contributed by atoms with Crippen molar-refractivity contribution in [2.45, 2.75) is 52.2 Å². The summed E-state index contributed by atoms with van der Waals surface area (Å²) in [4.78, 5) is 14.1. The number of ketones is 1. The molecule has 1 heterocycles. The van der Waals surface area contributed by atoms with Crippen LogP contribution in [0.5, 0.6) is 0 Å². The van der Waals surface area contributed by atoms with Gasteiger partial charge in [-0.05, 0) is 62.4 Å². The molecule has 1 aromatic carbocycles. The number of benzene rings is 1. The fourth-order valence-electron chi connectivity index (χ4n) is 2.57. The molecule has 0 aliphatic rings. The first-order valence-electron chi connectivity index (χ1n) is 8.96. The van der Waals surface area contributed by atoms with Gasteiger partial charge in [0.25, 0.3) is 0 Å². The molecule has 0 fully saturated rings. The van der Waals surface area contributed by atoms with Gasteiger partial charge in [-0.1, -0.05) is 18.2 Å². The molecule has 0 aliphatic heterocycles. The average Bonchev–Trinajstić information content (AvgIpc) is 3.07. The summed E-state index contributed by atoms with van der Waals surface area (Å²) in [6.45, 7) is 6.53. The van der Waals surface area contributed by atoms with Gasteiger partial charge in [-0.25, -0.2) is 0 Å². The van der Waals surface area contributed by atoms with Crippen LogP contribution in [-0.2, 0) is 17.8 Å². The zero-order valence-electron chi connectivity index (χ0n) is 15.9. The predicted molar refractivity (Wildman–Crippen MR) is 107 cm³/mol. The number of hydrogen-bond acceptors (Lipinski definition) is 5. The smallest absolute Gasteiger partial charge is 0.172 e. The number of carbonyl (C=O) groups is 1. The molecular formula is C21H29NO3S. The van der Waals surface area contributed by atoms with Crippen LogP contribution in [0, 0.1) is 13.8 Å². The molecular weight excluding hydrogens is 346 g/mol. The first kappa shape index (κ1) is 20.8. The standard InChI is InChI=1S/C21H29NO3S/c1-15-7-8-17(11-16(15)2)5-4-6-19(24)20-10-9-18(26-20)12-25-14-21(3,22)13-23/h7-11,23H,4-6,12-14,22H2,1-3H3. The number of aliphatic hydroxyl groups excluding tert-OH is 1. The molecule has 0 spiro atoms. The van der Waals surface area contributed by atoms with Crippen LogP contribution in [0.1, 0.15) is 51.0 Å². The second kappa shape index (κ2) is 9.42. The van der Waals surface area contributed by atoms with Gasteiger partial charge in [-0.3, -0.25) is 4.79 Å². The van der Waals surface area contributed by atoms with Gasteiger partial charge in [0.2, 0.25) is 0 Å². The Kier molecular flexibility index (Phi) is 7.53. The SMILES string of the molecule is Cc1ccc(CCCC(=O)c2ccc(COCC(C)(N)CO)s2)cc1C. The highest BCUT2D eigenvalue weighted by Crippen LogP contribution is 2.21. The third-order valence-electron chi connectivity index (χ3n) is 4.41. The number of aliphatic hydroxyl groups is 1. The van der Waals surface area contributed by atoms with Crippen molar-refractivity contribution < 1.29 is 14.6 Å². The van der Waals surface area contributed by atoms with Crippen molar-refractivity contribution >= 4 is 17.1 Å². The van der Waals surface area contributed by atoms with Gasteiger partial charge in [-0.15, -0.1) is 11.3 Å². The fraction of sp³-hybridized carbons (Fsp3) is 0.476. The molecule has 4 nitrogen and oxygen atoms in total. The number of thiophene rings is 1. The van der Waals surface area contributed by atoms with Crippen LogP contribution in [0.4, 0.5) is 0 Å². The fourth-order valence-corrected chi connectivity index (χ4v) is 3.48. The molecule has 2 aromatic rings. The Hall–Kier alpha value is -1.53. The Morgan fingerprint density at radius 3 is 2.69 bits per heavy atom. The lowest BCUT2D eigenvalue weighted by Gasteiger charge is -2.20. The van der Waals surface area contributed by atoms with E-state index in [2.05, 4.69) is 32.0 Å². The number of carbonyl (C=O) groups excluding carboxylic acids is 1. The molecule has 1 unspecified atom stereocenters. The second-order valence-corrected chi connectivity index (χ2v) is 8.43. The van der Waals surface area contributed by atoms with E-state index < -0.39 is 5.54 Å². The van der Waals surface area contributed by atoms with E-state index in [9.17, 15) is 4.79 Å². The Morgan fingerprint density at radius 1 is 1.23 bits per heavy atom. The van der Waals surface area contributed by atoms with Gasteiger partial charge in [-0.2, -0.15) is 0 Å². The van der Waals surface area contributed by atoms with E-state index in [0.29, 0.717) is 13.0 Å². The summed E-state index contributed by atoms with van der Waals surface area (Å²) in [6.07, 6.45) is 2.33. The lowest BCUT2D eigenvalue weighted by molar-refractivity contribution is 0.0547. The van der Waals surface area contributed by atoms with Crippen molar-refractivity contribution in [1.29, 1.82) is 0 Å². The summed E-state index contributed by atoms with van der Waals surface area (Å²) < 4.78 is 5.54. The summed E-state index contributed by atoms with van der Waals surface area (Å²) in [5.74, 6) is 0.184. The minimum Gasteiger partial charge on any atom is -0.394 e. The van der Waals surface area contributed by atoms with Crippen molar-refractivity contribution in [3.8, 4) is 0 Å². The maximum atomic E-state index is 12.4. The van der Waals surface area contributed by atoms with Gasteiger partial charge in [0, 0.05) is 11.3 Å². The summed E-state index contributed by atoms with van der Waals surface area (Å²) in [7, 11) is 0. The highest BCUT2D eigenvalue weighted by Gasteiger charge is 2.17. The summed E-state index contributed by atoms with van der Waals surface area (Å²) >= 11 is 1.47. The Morgan fingerprint density at radius 2 is 2.00 bits per heavy atom. The van der Waals surface area contributed by atoms with E-state index in [4.69, 9.17) is 15.6 Å². The van der Waals surface area contributed by atoms with Crippen LogP contribution in [0.15, 0.2) is 30.3 Å². The van der Waals surface area contributed by atoms with Gasteiger partial charge in [0.05, 0.1) is 30.2 Å². The van der Waals surface area contributed by atoms with Gasteiger partial charge in [0.15, 0.2) is 5.78 Å². The molecule has 0 saturated heterocycles. The van der Waals surface area contributed by atoms with Crippen LogP contribution in [0.25, 0.3) is 0 Å². The number of hydrogen-bond donors (Lipinski definition) is 2. The quantitative estimate of drug-likeness (QED) is 0.620. The Labute approximate surface area is 160 Å². The number of aryl methyl sites for hydroxylation is 3. The molecule has 2 rings (SSSR count). The molecule has 0 saturated carbocycles. The normalized spacial score (nSPS) is 13.6. The predicted octanol–water partition coefficient (Wildman–Crippen LogP) is 3.80. The van der Waals surface area contributed by atoms with E-state index in [1.165, 1.54) is 28.0 Å². The highest BCUT2D eigenvalue weighted by atomic mass is 32.1. The van der Waals surface area contributed by atoms with Crippen molar-refractivity contribution in [2.24, 2.45) is 5.73 Å². The second-order valence-electron chi connectivity index (χ2n) is 7.27. The molecule has 1 aromatic heterocycles. The minimum absolute atomic E-state index is 0.123. The Bertz CT molecular complexity index is 737. The summed E-state index contributed by atoms with van der Waals surface area (Å²) in [5, 5.41) is 9.11. The monoisotopic (exact) mass is 375 g/mol. The maximum absolute atomic E-state index is 12.4. The van der Waals surface area contributed by atoms with Crippen LogP contribution >= 0.6 is 11.3 Å². The molecule has 0 bridgehead atoms. The third-order valence-corrected chi connectivity index (χ3v) is 5.51. The molecule has 3 N–H and O–H groups in total. The average molecular weight is 376 g/mol. The van der Waals surface area contributed by atoms with Crippen LogP contribution in [0.3, 0.4) is 0 Å². The molecule has 0 amide bonds. The topological polar surface area (TPSA) is 72.5 Å². The van der Waals surface area contributed by atoms with Gasteiger partial charge >= 0.3 is 0 Å². The van der Waals surface area contributed by atoms with Gasteiger partial charge in [0.1, 0.15) is 0 Å². The maximum Gasteiger partial charge on any atom is 0.172 e. The van der Waals surface area contributed by atoms with Crippen LogP contribution in [-0.4, -0.2) is 29.6 Å². The van der Waals surface area contributed by atoms with Crippen LogP contribution in [0.2, 0.25) is 0 Å². The number of Topliss-reactive ketones (excluding diaryl/α,β-unsaturated/α-hetero) is 1. The number of nitrogens with two attached hydrogens (primary N) is 1. The third kappa shape index (κ3) is 6.32. The molecule has 142 valence electrons. The van der Waals surface area contributed by atoms with Crippen molar-refractivity contribution in [3.05, 3.63) is 56.8 Å². The summed E-state index contributed by atoms with van der Waals surface area (Å²) in [5.41, 5.74) is 8.98. The van der Waals surface area contributed by atoms with E-state index in [1.54, 1.807) is 6.92 Å². The van der Waals surface area contributed by atoms with E-state index >= 15 is 0 Å². The minimum atomic E-state index is -0.732. The number of ether oxygens (including phenoxy) is 1. The first-order valence-corrected chi connectivity index (χ1v) is 9.78. The zero-order chi connectivity index (χ0) is 19.2. The largest absolute Gasteiger partial charge is 0.394 e. The molecule has 0 aliphatic carbocycles. The molecule has 0 radical (unpaired) electrons. The van der Waals surface area contributed by atoms with Crippen molar-refractivity contribution in [1.82, 2.24) is 0 Å². The zero-order valence-corrected chi connectivity index (χ0v) is 16.7. The first-order chi connectivity index (χ1) is 12.3. The van der Waals surface area contributed by atoms with E-state index in [1.807, 2.05) is 12.1 Å². The van der Waals surface area contributed by atoms with Crippen molar-refractivity contribution in [3.63, 3.8) is 0 Å². The molecule has 1 atom stereocenters. The van der Waals surface area contributed by atoms with E-state index in [0.717, 1.165) is 22.6 Å². The highest BCUT2D eigenvalue weighted by molar-refractivity contribution is 7.14. The Balaban J connectivity index is 1.77. The van der Waals surface area contributed by atoms with E-state index in [-0.39, 0.29) is 19.0 Å². The molecule has 5 heteroatoms. The number of rotatable bonds is 10. The molecule has 26 heavy (non-hydrogen) atoms. The summed E-state index contributed by atoms with van der Waals surface area (Å²) in [6, 6.07) is 10.3. The lowest BCUT2D eigenvalue weighted by atomic mass is 10.0. The van der Waals surface area contributed by atoms with Crippen LogP contribution < -0.4 is 5.73 Å².